The Morgan fingerprint density at radius 1 is 1.03 bits per heavy atom. The summed E-state index contributed by atoms with van der Waals surface area (Å²) in [7, 11) is 0. The van der Waals surface area contributed by atoms with Crippen LogP contribution in [0.1, 0.15) is 37.3 Å². The van der Waals surface area contributed by atoms with Gasteiger partial charge < -0.3 is 5.73 Å². The van der Waals surface area contributed by atoms with Gasteiger partial charge in [-0.1, -0.05) is 80.8 Å². The zero-order valence-electron chi connectivity index (χ0n) is 17.2. The molecule has 0 amide bonds. The SMILES string of the molecule is C=C/N=C\C(=C/C)c1c2ccccc2c(C(/C=C\C(=C)N)CC)c2ccccc12. The molecule has 1 unspecified atom stereocenters. The minimum Gasteiger partial charge on any atom is -0.399 e. The Bertz CT molecular complexity index is 1090. The number of hydrogen-bond donors (Lipinski definition) is 1. The molecule has 3 aromatic carbocycles. The third-order valence-electron chi connectivity index (χ3n) is 5.25. The van der Waals surface area contributed by atoms with Gasteiger partial charge in [0.1, 0.15) is 0 Å². The second-order valence-electron chi connectivity index (χ2n) is 7.03. The summed E-state index contributed by atoms with van der Waals surface area (Å²) in [6, 6.07) is 17.2. The predicted octanol–water partition coefficient (Wildman–Crippen LogP) is 7.13. The first-order chi connectivity index (χ1) is 14.1. The van der Waals surface area contributed by atoms with Crippen molar-refractivity contribution in [2.45, 2.75) is 26.2 Å². The topological polar surface area (TPSA) is 38.4 Å². The van der Waals surface area contributed by atoms with E-state index in [9.17, 15) is 0 Å². The van der Waals surface area contributed by atoms with Crippen molar-refractivity contribution >= 4 is 33.3 Å². The Hall–Kier alpha value is -3.39. The monoisotopic (exact) mass is 380 g/mol. The van der Waals surface area contributed by atoms with Gasteiger partial charge in [0.25, 0.3) is 0 Å². The predicted molar refractivity (Wildman–Crippen MR) is 129 cm³/mol. The largest absolute Gasteiger partial charge is 0.399 e. The van der Waals surface area contributed by atoms with Crippen molar-refractivity contribution in [3.63, 3.8) is 0 Å². The maximum Gasteiger partial charge on any atom is 0.0343 e. The Morgan fingerprint density at radius 2 is 1.59 bits per heavy atom. The summed E-state index contributed by atoms with van der Waals surface area (Å²) in [4.78, 5) is 4.29. The van der Waals surface area contributed by atoms with Crippen molar-refractivity contribution in [3.05, 3.63) is 103 Å². The molecule has 0 aliphatic carbocycles. The zero-order chi connectivity index (χ0) is 20.8. The molecule has 2 nitrogen and oxygen atoms in total. The molecule has 3 rings (SSSR count). The van der Waals surface area contributed by atoms with E-state index in [2.05, 4.69) is 85.8 Å². The average Bonchev–Trinajstić information content (AvgIpc) is 2.74. The maximum absolute atomic E-state index is 5.82. The van der Waals surface area contributed by atoms with E-state index in [-0.39, 0.29) is 5.92 Å². The molecule has 2 heteroatoms. The summed E-state index contributed by atoms with van der Waals surface area (Å²) >= 11 is 0. The zero-order valence-corrected chi connectivity index (χ0v) is 17.2. The van der Waals surface area contributed by atoms with Gasteiger partial charge in [-0.25, -0.2) is 0 Å². The molecule has 0 saturated carbocycles. The van der Waals surface area contributed by atoms with Crippen LogP contribution in [0.3, 0.4) is 0 Å². The van der Waals surface area contributed by atoms with Crippen molar-refractivity contribution in [2.24, 2.45) is 10.7 Å². The Kier molecular flexibility index (Phi) is 6.46. The molecule has 0 saturated heterocycles. The second kappa shape index (κ2) is 9.20. The van der Waals surface area contributed by atoms with Crippen LogP contribution in [0.5, 0.6) is 0 Å². The fraction of sp³-hybridized carbons (Fsp3) is 0.148. The van der Waals surface area contributed by atoms with Gasteiger partial charge in [-0.2, -0.15) is 0 Å². The summed E-state index contributed by atoms with van der Waals surface area (Å²) in [5.74, 6) is 0.245. The third kappa shape index (κ3) is 4.07. The van der Waals surface area contributed by atoms with Gasteiger partial charge in [0.05, 0.1) is 0 Å². The number of benzene rings is 3. The van der Waals surface area contributed by atoms with Gasteiger partial charge in [-0.05, 0) is 57.7 Å². The van der Waals surface area contributed by atoms with Crippen molar-refractivity contribution in [1.29, 1.82) is 0 Å². The van der Waals surface area contributed by atoms with E-state index in [1.54, 1.807) is 6.20 Å². The van der Waals surface area contributed by atoms with Crippen LogP contribution < -0.4 is 5.73 Å². The van der Waals surface area contributed by atoms with E-state index >= 15 is 0 Å². The molecule has 0 radical (unpaired) electrons. The van der Waals surface area contributed by atoms with Crippen LogP contribution in [-0.2, 0) is 0 Å². The number of fused-ring (bicyclic) bond motifs is 2. The highest BCUT2D eigenvalue weighted by Gasteiger charge is 2.19. The summed E-state index contributed by atoms with van der Waals surface area (Å²) in [6.45, 7) is 11.8. The van der Waals surface area contributed by atoms with Crippen molar-refractivity contribution in [3.8, 4) is 0 Å². The molecular formula is C27H28N2. The first-order valence-corrected chi connectivity index (χ1v) is 9.99. The van der Waals surface area contributed by atoms with Crippen LogP contribution in [0.2, 0.25) is 0 Å². The minimum atomic E-state index is 0.245. The molecule has 3 aromatic rings. The van der Waals surface area contributed by atoms with Gasteiger partial charge in [0, 0.05) is 24.0 Å². The molecule has 0 aliphatic rings. The number of nitrogens with two attached hydrogens (primary N) is 1. The minimum absolute atomic E-state index is 0.245. The number of nitrogens with zero attached hydrogens (tertiary/aromatic N) is 1. The molecule has 1 atom stereocenters. The van der Waals surface area contributed by atoms with Crippen LogP contribution in [-0.4, -0.2) is 6.21 Å². The first kappa shape index (κ1) is 20.3. The van der Waals surface area contributed by atoms with Crippen LogP contribution in [0, 0.1) is 0 Å². The second-order valence-corrected chi connectivity index (χ2v) is 7.03. The van der Waals surface area contributed by atoms with E-state index < -0.39 is 0 Å². The van der Waals surface area contributed by atoms with Crippen molar-refractivity contribution in [2.75, 3.05) is 0 Å². The number of allylic oxidation sites excluding steroid dienone is 4. The number of rotatable bonds is 7. The van der Waals surface area contributed by atoms with Crippen LogP contribution >= 0.6 is 0 Å². The molecule has 0 bridgehead atoms. The lowest BCUT2D eigenvalue weighted by atomic mass is 9.82. The molecule has 0 heterocycles. The van der Waals surface area contributed by atoms with Crippen LogP contribution in [0.15, 0.2) is 96.8 Å². The highest BCUT2D eigenvalue weighted by Crippen LogP contribution is 2.41. The van der Waals surface area contributed by atoms with E-state index in [4.69, 9.17) is 5.73 Å². The van der Waals surface area contributed by atoms with Crippen molar-refractivity contribution in [1.82, 2.24) is 0 Å². The molecule has 0 spiro atoms. The Labute approximate surface area is 173 Å². The molecule has 2 N–H and O–H groups in total. The molecule has 0 aliphatic heterocycles. The molecule has 29 heavy (non-hydrogen) atoms. The summed E-state index contributed by atoms with van der Waals surface area (Å²) in [5, 5.41) is 4.96. The fourth-order valence-corrected chi connectivity index (χ4v) is 3.97. The third-order valence-corrected chi connectivity index (χ3v) is 5.25. The quantitative estimate of drug-likeness (QED) is 0.264. The molecule has 146 valence electrons. The molecular weight excluding hydrogens is 352 g/mol. The van der Waals surface area contributed by atoms with Crippen LogP contribution in [0.4, 0.5) is 0 Å². The highest BCUT2D eigenvalue weighted by molar-refractivity contribution is 6.22. The highest BCUT2D eigenvalue weighted by atomic mass is 14.7. The summed E-state index contributed by atoms with van der Waals surface area (Å²) < 4.78 is 0. The van der Waals surface area contributed by atoms with Gasteiger partial charge >= 0.3 is 0 Å². The van der Waals surface area contributed by atoms with E-state index in [0.717, 1.165) is 12.0 Å². The number of aliphatic imine (C=N–C) groups is 1. The standard InChI is InChI=1S/C27H28N2/c1-5-20(17-16-19(4)28)26-22-12-8-10-14-24(22)27(21(6-2)18-29-7-3)25-15-11-9-13-23(25)26/h6-18,20H,3-5,28H2,1-2H3/b17-16-,21-6+,29-18-. The first-order valence-electron chi connectivity index (χ1n) is 9.99. The molecule has 0 fully saturated rings. The van der Waals surface area contributed by atoms with Gasteiger partial charge in [0.15, 0.2) is 0 Å². The lowest BCUT2D eigenvalue weighted by molar-refractivity contribution is 0.817. The Morgan fingerprint density at radius 3 is 2.03 bits per heavy atom. The Balaban J connectivity index is 2.46. The van der Waals surface area contributed by atoms with E-state index in [0.29, 0.717) is 5.70 Å². The van der Waals surface area contributed by atoms with Crippen molar-refractivity contribution < 1.29 is 0 Å². The van der Waals surface area contributed by atoms with Gasteiger partial charge in [-0.15, -0.1) is 0 Å². The lowest BCUT2D eigenvalue weighted by Gasteiger charge is -2.21. The van der Waals surface area contributed by atoms with E-state index in [1.807, 2.05) is 19.2 Å². The fourth-order valence-electron chi connectivity index (χ4n) is 3.97. The van der Waals surface area contributed by atoms with Crippen LogP contribution in [0.25, 0.3) is 27.1 Å². The lowest BCUT2D eigenvalue weighted by Crippen LogP contribution is -2.01. The van der Waals surface area contributed by atoms with E-state index in [1.165, 1.54) is 32.7 Å². The summed E-state index contributed by atoms with van der Waals surface area (Å²) in [5.41, 5.74) is 10.0. The maximum atomic E-state index is 5.82. The summed E-state index contributed by atoms with van der Waals surface area (Å²) in [6.07, 6.45) is 10.6. The average molecular weight is 381 g/mol. The normalized spacial score (nSPS) is 13.5. The number of hydrogen-bond acceptors (Lipinski definition) is 2. The smallest absolute Gasteiger partial charge is 0.0343 e. The van der Waals surface area contributed by atoms with Gasteiger partial charge in [-0.3, -0.25) is 4.99 Å². The molecule has 0 aromatic heterocycles. The van der Waals surface area contributed by atoms with Gasteiger partial charge in [0.2, 0.25) is 0 Å².